The van der Waals surface area contributed by atoms with E-state index in [0.29, 0.717) is 22.3 Å². The second-order valence-corrected chi connectivity index (χ2v) is 5.71. The van der Waals surface area contributed by atoms with Crippen LogP contribution >= 0.6 is 39.1 Å². The summed E-state index contributed by atoms with van der Waals surface area (Å²) in [5.74, 6) is 0. The molecule has 0 saturated carbocycles. The molecule has 0 aromatic heterocycles. The van der Waals surface area contributed by atoms with Gasteiger partial charge in [0.1, 0.15) is 0 Å². The molecule has 0 unspecified atom stereocenters. The average molecular weight is 376 g/mol. The van der Waals surface area contributed by atoms with Gasteiger partial charge >= 0.3 is 0 Å². The number of nitro benzene ring substituents is 1. The third-order valence-corrected chi connectivity index (χ3v) is 3.96. The van der Waals surface area contributed by atoms with Gasteiger partial charge in [-0.15, -0.1) is 0 Å². The van der Waals surface area contributed by atoms with E-state index in [0.717, 1.165) is 10.0 Å². The van der Waals surface area contributed by atoms with Gasteiger partial charge in [0.2, 0.25) is 0 Å². The SMILES string of the molecule is O=[N+]([O-])c1ccc(NCc2cc(Cl)ccc2Br)c(Cl)c1. The Morgan fingerprint density at radius 1 is 1.20 bits per heavy atom. The topological polar surface area (TPSA) is 55.2 Å². The number of anilines is 1. The Kier molecular flexibility index (Phi) is 4.86. The summed E-state index contributed by atoms with van der Waals surface area (Å²) in [5, 5.41) is 14.7. The van der Waals surface area contributed by atoms with E-state index in [1.165, 1.54) is 12.1 Å². The molecule has 1 N–H and O–H groups in total. The Bertz CT molecular complexity index is 665. The number of non-ortho nitro benzene ring substituents is 1. The van der Waals surface area contributed by atoms with Gasteiger partial charge in [0.25, 0.3) is 5.69 Å². The number of nitro groups is 1. The molecule has 0 saturated heterocycles. The van der Waals surface area contributed by atoms with Crippen LogP contribution in [-0.2, 0) is 6.54 Å². The molecule has 0 spiro atoms. The predicted octanol–water partition coefficient (Wildman–Crippen LogP) is 5.28. The molecule has 2 aromatic rings. The van der Waals surface area contributed by atoms with Crippen molar-refractivity contribution < 1.29 is 4.92 Å². The second-order valence-electron chi connectivity index (χ2n) is 4.01. The minimum atomic E-state index is -0.483. The molecule has 7 heteroatoms. The maximum Gasteiger partial charge on any atom is 0.271 e. The highest BCUT2D eigenvalue weighted by atomic mass is 79.9. The zero-order chi connectivity index (χ0) is 14.7. The third kappa shape index (κ3) is 3.62. The Morgan fingerprint density at radius 3 is 2.60 bits per heavy atom. The molecule has 0 aliphatic rings. The molecular weight excluding hydrogens is 367 g/mol. The first kappa shape index (κ1) is 15.1. The van der Waals surface area contributed by atoms with Crippen LogP contribution in [0.4, 0.5) is 11.4 Å². The number of hydrogen-bond acceptors (Lipinski definition) is 3. The van der Waals surface area contributed by atoms with E-state index in [1.807, 2.05) is 12.1 Å². The molecule has 4 nitrogen and oxygen atoms in total. The molecule has 0 fully saturated rings. The van der Waals surface area contributed by atoms with Gasteiger partial charge in [0.15, 0.2) is 0 Å². The highest BCUT2D eigenvalue weighted by Gasteiger charge is 2.09. The summed E-state index contributed by atoms with van der Waals surface area (Å²) in [6.07, 6.45) is 0. The fourth-order valence-corrected chi connectivity index (χ4v) is 2.45. The Morgan fingerprint density at radius 2 is 1.95 bits per heavy atom. The van der Waals surface area contributed by atoms with Gasteiger partial charge in [-0.3, -0.25) is 10.1 Å². The van der Waals surface area contributed by atoms with Crippen molar-refractivity contribution in [2.45, 2.75) is 6.54 Å². The molecule has 0 heterocycles. The number of nitrogens with one attached hydrogen (secondary N) is 1. The van der Waals surface area contributed by atoms with Crippen LogP contribution in [0.15, 0.2) is 40.9 Å². The van der Waals surface area contributed by atoms with Gasteiger partial charge in [0.05, 0.1) is 15.6 Å². The second kappa shape index (κ2) is 6.43. The summed E-state index contributed by atoms with van der Waals surface area (Å²) in [7, 11) is 0. The number of rotatable bonds is 4. The van der Waals surface area contributed by atoms with E-state index in [2.05, 4.69) is 21.2 Å². The van der Waals surface area contributed by atoms with E-state index in [4.69, 9.17) is 23.2 Å². The van der Waals surface area contributed by atoms with Crippen molar-refractivity contribution >= 4 is 50.5 Å². The van der Waals surface area contributed by atoms with Crippen LogP contribution in [0.25, 0.3) is 0 Å². The largest absolute Gasteiger partial charge is 0.380 e. The molecule has 2 aromatic carbocycles. The standard InChI is InChI=1S/C13H9BrCl2N2O2/c14-11-3-1-9(15)5-8(11)7-17-13-4-2-10(18(19)20)6-12(13)16/h1-6,17H,7H2. The Hall–Kier alpha value is -1.30. The molecule has 0 atom stereocenters. The first-order valence-electron chi connectivity index (χ1n) is 5.59. The van der Waals surface area contributed by atoms with E-state index in [-0.39, 0.29) is 5.69 Å². The lowest BCUT2D eigenvalue weighted by Gasteiger charge is -2.10. The first-order chi connectivity index (χ1) is 9.47. The lowest BCUT2D eigenvalue weighted by Crippen LogP contribution is -2.01. The van der Waals surface area contributed by atoms with Crippen molar-refractivity contribution in [1.29, 1.82) is 0 Å². The highest BCUT2D eigenvalue weighted by Crippen LogP contribution is 2.28. The van der Waals surface area contributed by atoms with E-state index in [1.54, 1.807) is 12.1 Å². The summed E-state index contributed by atoms with van der Waals surface area (Å²) in [6.45, 7) is 0.499. The molecule has 0 aliphatic heterocycles. The lowest BCUT2D eigenvalue weighted by molar-refractivity contribution is -0.384. The number of halogens is 3. The number of hydrogen-bond donors (Lipinski definition) is 1. The smallest absolute Gasteiger partial charge is 0.271 e. The van der Waals surface area contributed by atoms with Crippen LogP contribution in [-0.4, -0.2) is 4.92 Å². The fourth-order valence-electron chi connectivity index (χ4n) is 1.63. The highest BCUT2D eigenvalue weighted by molar-refractivity contribution is 9.10. The summed E-state index contributed by atoms with van der Waals surface area (Å²) < 4.78 is 0.924. The monoisotopic (exact) mass is 374 g/mol. The minimum Gasteiger partial charge on any atom is -0.380 e. The van der Waals surface area contributed by atoms with Crippen molar-refractivity contribution in [2.75, 3.05) is 5.32 Å². The van der Waals surface area contributed by atoms with Crippen molar-refractivity contribution in [3.8, 4) is 0 Å². The van der Waals surface area contributed by atoms with Crippen LogP contribution in [0, 0.1) is 10.1 Å². The van der Waals surface area contributed by atoms with Gasteiger partial charge in [-0.25, -0.2) is 0 Å². The van der Waals surface area contributed by atoms with Crippen LogP contribution in [0.2, 0.25) is 10.0 Å². The van der Waals surface area contributed by atoms with Gasteiger partial charge in [-0.2, -0.15) is 0 Å². The zero-order valence-electron chi connectivity index (χ0n) is 10.1. The van der Waals surface area contributed by atoms with Gasteiger partial charge in [0, 0.05) is 28.2 Å². The number of nitrogens with zero attached hydrogens (tertiary/aromatic N) is 1. The molecule has 20 heavy (non-hydrogen) atoms. The normalized spacial score (nSPS) is 10.3. The summed E-state index contributed by atoms with van der Waals surface area (Å²) in [6, 6.07) is 9.78. The molecule has 2 rings (SSSR count). The molecule has 0 amide bonds. The Balaban J connectivity index is 2.15. The maximum atomic E-state index is 10.6. The van der Waals surface area contributed by atoms with E-state index in [9.17, 15) is 10.1 Å². The van der Waals surface area contributed by atoms with Crippen LogP contribution in [0.5, 0.6) is 0 Å². The van der Waals surface area contributed by atoms with Crippen LogP contribution in [0.1, 0.15) is 5.56 Å². The zero-order valence-corrected chi connectivity index (χ0v) is 13.2. The average Bonchev–Trinajstić information content (AvgIpc) is 2.40. The van der Waals surface area contributed by atoms with E-state index < -0.39 is 4.92 Å². The molecule has 104 valence electrons. The molecule has 0 radical (unpaired) electrons. The van der Waals surface area contributed by atoms with Crippen LogP contribution in [0.3, 0.4) is 0 Å². The molecular formula is C13H9BrCl2N2O2. The van der Waals surface area contributed by atoms with Crippen molar-refractivity contribution in [3.63, 3.8) is 0 Å². The van der Waals surface area contributed by atoms with Gasteiger partial charge in [-0.1, -0.05) is 39.1 Å². The summed E-state index contributed by atoms with van der Waals surface area (Å²) in [4.78, 5) is 10.1. The molecule has 0 bridgehead atoms. The maximum absolute atomic E-state index is 10.6. The van der Waals surface area contributed by atoms with Crippen molar-refractivity contribution in [3.05, 3.63) is 66.6 Å². The minimum absolute atomic E-state index is 0.0375. The van der Waals surface area contributed by atoms with Gasteiger partial charge in [-0.05, 0) is 29.8 Å². The third-order valence-electron chi connectivity index (χ3n) is 2.64. The fraction of sp³-hybridized carbons (Fsp3) is 0.0769. The predicted molar refractivity (Wildman–Crippen MR) is 84.6 cm³/mol. The first-order valence-corrected chi connectivity index (χ1v) is 7.14. The van der Waals surface area contributed by atoms with Crippen molar-refractivity contribution in [1.82, 2.24) is 0 Å². The quantitative estimate of drug-likeness (QED) is 0.584. The van der Waals surface area contributed by atoms with Crippen LogP contribution < -0.4 is 5.32 Å². The molecule has 0 aliphatic carbocycles. The number of benzene rings is 2. The summed E-state index contributed by atoms with van der Waals surface area (Å²) >= 11 is 15.4. The van der Waals surface area contributed by atoms with Gasteiger partial charge < -0.3 is 5.32 Å². The summed E-state index contributed by atoms with van der Waals surface area (Å²) in [5.41, 5.74) is 1.56. The lowest BCUT2D eigenvalue weighted by atomic mass is 10.2. The van der Waals surface area contributed by atoms with Crippen molar-refractivity contribution in [2.24, 2.45) is 0 Å². The Labute approximate surface area is 134 Å². The van der Waals surface area contributed by atoms with E-state index >= 15 is 0 Å².